The van der Waals surface area contributed by atoms with E-state index in [9.17, 15) is 4.79 Å². The van der Waals surface area contributed by atoms with Crippen molar-refractivity contribution in [2.24, 2.45) is 5.92 Å². The van der Waals surface area contributed by atoms with Crippen molar-refractivity contribution in [1.29, 1.82) is 0 Å². The molecule has 0 aromatic heterocycles. The van der Waals surface area contributed by atoms with E-state index in [1.807, 2.05) is 0 Å². The van der Waals surface area contributed by atoms with E-state index in [1.54, 1.807) is 6.92 Å². The Balaban J connectivity index is 1.83. The Morgan fingerprint density at radius 3 is 2.60 bits per heavy atom. The normalized spacial score (nSPS) is 26.2. The molecule has 0 aliphatic heterocycles. The summed E-state index contributed by atoms with van der Waals surface area (Å²) in [5.41, 5.74) is 1.47. The van der Waals surface area contributed by atoms with Crippen LogP contribution in [0.5, 0.6) is 0 Å². The second-order valence-electron chi connectivity index (χ2n) is 6.05. The van der Waals surface area contributed by atoms with Gasteiger partial charge in [-0.05, 0) is 36.7 Å². The van der Waals surface area contributed by atoms with Crippen molar-refractivity contribution in [3.8, 4) is 0 Å². The standard InChI is InChI=1S/C17H26N2O/c1-13-10-16(15-6-4-3-5-7-15)12-17(11-13)19-9-8-18-14(2)20/h3-7,13,16-17,19H,8-12H2,1-2H3,(H,18,20)/t13-,16+,17-/m1/s1. The molecule has 1 fully saturated rings. The molecular formula is C17H26N2O. The largest absolute Gasteiger partial charge is 0.355 e. The van der Waals surface area contributed by atoms with Crippen molar-refractivity contribution in [2.45, 2.75) is 45.1 Å². The van der Waals surface area contributed by atoms with Crippen molar-refractivity contribution in [2.75, 3.05) is 13.1 Å². The maximum atomic E-state index is 10.8. The quantitative estimate of drug-likeness (QED) is 0.811. The summed E-state index contributed by atoms with van der Waals surface area (Å²) >= 11 is 0. The van der Waals surface area contributed by atoms with Gasteiger partial charge in [0.1, 0.15) is 0 Å². The third kappa shape index (κ3) is 4.64. The number of benzene rings is 1. The van der Waals surface area contributed by atoms with Crippen LogP contribution in [-0.4, -0.2) is 25.0 Å². The molecule has 0 heterocycles. The molecule has 0 saturated heterocycles. The number of nitrogens with one attached hydrogen (secondary N) is 2. The zero-order valence-electron chi connectivity index (χ0n) is 12.6. The second kappa shape index (κ2) is 7.44. The molecule has 1 aromatic carbocycles. The van der Waals surface area contributed by atoms with Crippen LogP contribution >= 0.6 is 0 Å². The number of amides is 1. The van der Waals surface area contributed by atoms with Crippen LogP contribution in [0.2, 0.25) is 0 Å². The summed E-state index contributed by atoms with van der Waals surface area (Å²) in [6.45, 7) is 5.49. The molecule has 2 N–H and O–H groups in total. The Morgan fingerprint density at radius 2 is 1.90 bits per heavy atom. The number of hydrogen-bond acceptors (Lipinski definition) is 2. The minimum absolute atomic E-state index is 0.0472. The highest BCUT2D eigenvalue weighted by molar-refractivity contribution is 5.72. The highest BCUT2D eigenvalue weighted by Gasteiger charge is 2.26. The minimum atomic E-state index is 0.0472. The third-order valence-electron chi connectivity index (χ3n) is 4.15. The smallest absolute Gasteiger partial charge is 0.216 e. The summed E-state index contributed by atoms with van der Waals surface area (Å²) in [6.07, 6.45) is 3.73. The van der Waals surface area contributed by atoms with Gasteiger partial charge in [-0.15, -0.1) is 0 Å². The highest BCUT2D eigenvalue weighted by atomic mass is 16.1. The minimum Gasteiger partial charge on any atom is -0.355 e. The monoisotopic (exact) mass is 274 g/mol. The lowest BCUT2D eigenvalue weighted by atomic mass is 9.76. The molecule has 2 rings (SSSR count). The third-order valence-corrected chi connectivity index (χ3v) is 4.15. The van der Waals surface area contributed by atoms with Crippen LogP contribution in [0.4, 0.5) is 0 Å². The Labute approximate surface area is 122 Å². The van der Waals surface area contributed by atoms with E-state index in [4.69, 9.17) is 0 Å². The molecule has 110 valence electrons. The van der Waals surface area contributed by atoms with Crippen LogP contribution in [0.1, 0.15) is 44.6 Å². The van der Waals surface area contributed by atoms with Crippen molar-refractivity contribution in [3.63, 3.8) is 0 Å². The summed E-state index contributed by atoms with van der Waals surface area (Å²) < 4.78 is 0. The van der Waals surface area contributed by atoms with Crippen LogP contribution in [0.3, 0.4) is 0 Å². The molecule has 3 heteroatoms. The highest BCUT2D eigenvalue weighted by Crippen LogP contribution is 2.35. The van der Waals surface area contributed by atoms with Gasteiger partial charge in [0.15, 0.2) is 0 Å². The van der Waals surface area contributed by atoms with Gasteiger partial charge in [-0.3, -0.25) is 4.79 Å². The Morgan fingerprint density at radius 1 is 1.15 bits per heavy atom. The Hall–Kier alpha value is -1.35. The Kier molecular flexibility index (Phi) is 5.60. The first-order chi connectivity index (χ1) is 9.65. The van der Waals surface area contributed by atoms with Crippen molar-refractivity contribution in [3.05, 3.63) is 35.9 Å². The topological polar surface area (TPSA) is 41.1 Å². The molecule has 1 aliphatic carbocycles. The number of carbonyl (C=O) groups excluding carboxylic acids is 1. The lowest BCUT2D eigenvalue weighted by molar-refractivity contribution is -0.118. The zero-order chi connectivity index (χ0) is 14.4. The SMILES string of the molecule is CC(=O)NCCN[C@@H]1C[C@H](C)C[C@H](c2ccccc2)C1. The van der Waals surface area contributed by atoms with Gasteiger partial charge < -0.3 is 10.6 Å². The molecule has 0 unspecified atom stereocenters. The van der Waals surface area contributed by atoms with Gasteiger partial charge in [0.05, 0.1) is 0 Å². The van der Waals surface area contributed by atoms with E-state index in [2.05, 4.69) is 47.9 Å². The van der Waals surface area contributed by atoms with Crippen molar-refractivity contribution < 1.29 is 4.79 Å². The molecule has 3 nitrogen and oxygen atoms in total. The summed E-state index contributed by atoms with van der Waals surface area (Å²) in [5.74, 6) is 1.47. The zero-order valence-corrected chi connectivity index (χ0v) is 12.6. The molecule has 20 heavy (non-hydrogen) atoms. The van der Waals surface area contributed by atoms with Gasteiger partial charge in [0.2, 0.25) is 5.91 Å². The lowest BCUT2D eigenvalue weighted by Gasteiger charge is -2.34. The lowest BCUT2D eigenvalue weighted by Crippen LogP contribution is -2.40. The first-order valence-electron chi connectivity index (χ1n) is 7.68. The van der Waals surface area contributed by atoms with Crippen LogP contribution in [0, 0.1) is 5.92 Å². The van der Waals surface area contributed by atoms with E-state index >= 15 is 0 Å². The van der Waals surface area contributed by atoms with Crippen molar-refractivity contribution >= 4 is 5.91 Å². The van der Waals surface area contributed by atoms with Crippen molar-refractivity contribution in [1.82, 2.24) is 10.6 Å². The molecule has 3 atom stereocenters. The summed E-state index contributed by atoms with van der Waals surface area (Å²) in [5, 5.41) is 6.43. The summed E-state index contributed by atoms with van der Waals surface area (Å²) in [6, 6.07) is 11.4. The van der Waals surface area contributed by atoms with Crippen LogP contribution < -0.4 is 10.6 Å². The predicted octanol–water partition coefficient (Wildman–Crippen LogP) is 2.68. The van der Waals surface area contributed by atoms with Gasteiger partial charge in [-0.1, -0.05) is 37.3 Å². The number of carbonyl (C=O) groups is 1. The van der Waals surface area contributed by atoms with E-state index < -0.39 is 0 Å². The molecule has 1 saturated carbocycles. The Bertz CT molecular complexity index is 418. The number of rotatable bonds is 5. The van der Waals surface area contributed by atoms with E-state index in [1.165, 1.54) is 24.8 Å². The predicted molar refractivity (Wildman–Crippen MR) is 82.7 cm³/mol. The molecule has 1 aliphatic rings. The molecule has 0 radical (unpaired) electrons. The van der Waals surface area contributed by atoms with E-state index in [0.29, 0.717) is 12.0 Å². The van der Waals surface area contributed by atoms with Gasteiger partial charge in [0, 0.05) is 26.1 Å². The average molecular weight is 274 g/mol. The molecule has 1 amide bonds. The fourth-order valence-corrected chi connectivity index (χ4v) is 3.28. The molecule has 0 bridgehead atoms. The van der Waals surface area contributed by atoms with E-state index in [-0.39, 0.29) is 5.91 Å². The van der Waals surface area contributed by atoms with Crippen LogP contribution in [-0.2, 0) is 4.79 Å². The van der Waals surface area contributed by atoms with Crippen LogP contribution in [0.25, 0.3) is 0 Å². The van der Waals surface area contributed by atoms with E-state index in [0.717, 1.165) is 19.0 Å². The molecule has 0 spiro atoms. The fourth-order valence-electron chi connectivity index (χ4n) is 3.28. The molecule has 1 aromatic rings. The number of hydrogen-bond donors (Lipinski definition) is 2. The summed E-state index contributed by atoms with van der Waals surface area (Å²) in [7, 11) is 0. The van der Waals surface area contributed by atoms with Gasteiger partial charge in [-0.2, -0.15) is 0 Å². The summed E-state index contributed by atoms with van der Waals surface area (Å²) in [4.78, 5) is 10.8. The maximum absolute atomic E-state index is 10.8. The van der Waals surface area contributed by atoms with Crippen LogP contribution in [0.15, 0.2) is 30.3 Å². The second-order valence-corrected chi connectivity index (χ2v) is 6.05. The van der Waals surface area contributed by atoms with Gasteiger partial charge >= 0.3 is 0 Å². The first kappa shape index (κ1) is 15.0. The first-order valence-corrected chi connectivity index (χ1v) is 7.68. The maximum Gasteiger partial charge on any atom is 0.216 e. The fraction of sp³-hybridized carbons (Fsp3) is 0.588. The average Bonchev–Trinajstić information content (AvgIpc) is 2.44. The van der Waals surface area contributed by atoms with Gasteiger partial charge in [-0.25, -0.2) is 0 Å². The molecular weight excluding hydrogens is 248 g/mol. The van der Waals surface area contributed by atoms with Gasteiger partial charge in [0.25, 0.3) is 0 Å².